The summed E-state index contributed by atoms with van der Waals surface area (Å²) in [5.74, 6) is -0.834. The number of hydrogen-bond donors (Lipinski definition) is 0. The largest absolute Gasteiger partial charge is 0.486 e. The monoisotopic (exact) mass is 266 g/mol. The SMILES string of the molecule is O=S(=O)(Cl)Cc1c(F)ccc2c1OCCO2. The van der Waals surface area contributed by atoms with Gasteiger partial charge in [-0.2, -0.15) is 0 Å². The van der Waals surface area contributed by atoms with Gasteiger partial charge >= 0.3 is 0 Å². The molecule has 0 radical (unpaired) electrons. The minimum Gasteiger partial charge on any atom is -0.486 e. The minimum absolute atomic E-state index is 0.0906. The Kier molecular flexibility index (Phi) is 2.94. The Labute approximate surface area is 96.3 Å². The average molecular weight is 267 g/mol. The summed E-state index contributed by atoms with van der Waals surface area (Å²) in [7, 11) is 1.25. The van der Waals surface area contributed by atoms with Gasteiger partial charge in [-0.1, -0.05) is 0 Å². The maximum Gasteiger partial charge on any atom is 0.237 e. The van der Waals surface area contributed by atoms with Crippen molar-refractivity contribution in [1.82, 2.24) is 0 Å². The Hall–Kier alpha value is -1.01. The summed E-state index contributed by atoms with van der Waals surface area (Å²) < 4.78 is 45.7. The molecule has 2 rings (SSSR count). The number of benzene rings is 1. The lowest BCUT2D eigenvalue weighted by Crippen LogP contribution is -2.17. The normalized spacial score (nSPS) is 14.9. The minimum atomic E-state index is -3.84. The third kappa shape index (κ3) is 2.38. The van der Waals surface area contributed by atoms with Crippen LogP contribution in [0.15, 0.2) is 12.1 Å². The van der Waals surface area contributed by atoms with Gasteiger partial charge in [-0.3, -0.25) is 0 Å². The van der Waals surface area contributed by atoms with Gasteiger partial charge < -0.3 is 9.47 Å². The number of ether oxygens (including phenoxy) is 2. The van der Waals surface area contributed by atoms with E-state index in [0.29, 0.717) is 12.4 Å². The molecule has 0 N–H and O–H groups in total. The summed E-state index contributed by atoms with van der Waals surface area (Å²) in [4.78, 5) is 0. The van der Waals surface area contributed by atoms with Crippen molar-refractivity contribution in [3.8, 4) is 11.5 Å². The van der Waals surface area contributed by atoms with Gasteiger partial charge in [0.25, 0.3) is 0 Å². The fraction of sp³-hybridized carbons (Fsp3) is 0.333. The van der Waals surface area contributed by atoms with Crippen LogP contribution in [0.5, 0.6) is 11.5 Å². The zero-order chi connectivity index (χ0) is 11.8. The Morgan fingerprint density at radius 1 is 1.31 bits per heavy atom. The van der Waals surface area contributed by atoms with Crippen LogP contribution in [0.3, 0.4) is 0 Å². The molecule has 0 saturated heterocycles. The van der Waals surface area contributed by atoms with Crippen molar-refractivity contribution in [2.45, 2.75) is 5.75 Å². The Morgan fingerprint density at radius 2 is 2.00 bits per heavy atom. The van der Waals surface area contributed by atoms with E-state index in [9.17, 15) is 12.8 Å². The second-order valence-corrected chi connectivity index (χ2v) is 6.01. The fourth-order valence-corrected chi connectivity index (χ4v) is 2.40. The van der Waals surface area contributed by atoms with Gasteiger partial charge in [-0.15, -0.1) is 0 Å². The Morgan fingerprint density at radius 3 is 2.69 bits per heavy atom. The van der Waals surface area contributed by atoms with E-state index in [-0.39, 0.29) is 17.9 Å². The fourth-order valence-electron chi connectivity index (χ4n) is 1.46. The molecule has 16 heavy (non-hydrogen) atoms. The van der Waals surface area contributed by atoms with E-state index in [4.69, 9.17) is 20.2 Å². The van der Waals surface area contributed by atoms with E-state index < -0.39 is 20.6 Å². The van der Waals surface area contributed by atoms with E-state index in [2.05, 4.69) is 0 Å². The van der Waals surface area contributed by atoms with Crippen molar-refractivity contribution < 1.29 is 22.3 Å². The van der Waals surface area contributed by atoms with Gasteiger partial charge in [0, 0.05) is 10.7 Å². The van der Waals surface area contributed by atoms with Crippen LogP contribution in [-0.4, -0.2) is 21.6 Å². The molecule has 1 heterocycles. The quantitative estimate of drug-likeness (QED) is 0.764. The standard InChI is InChI=1S/C9H8ClFO4S/c10-16(12,13)5-6-7(11)1-2-8-9(6)15-4-3-14-8/h1-2H,3-5H2. The summed E-state index contributed by atoms with van der Waals surface area (Å²) in [5.41, 5.74) is -0.0906. The predicted molar refractivity (Wildman–Crippen MR) is 55.9 cm³/mol. The number of hydrogen-bond acceptors (Lipinski definition) is 4. The molecule has 7 heteroatoms. The molecule has 0 aliphatic carbocycles. The Bertz CT molecular complexity index is 514. The molecule has 88 valence electrons. The van der Waals surface area contributed by atoms with E-state index in [1.54, 1.807) is 0 Å². The highest BCUT2D eigenvalue weighted by molar-refractivity contribution is 8.13. The molecule has 0 unspecified atom stereocenters. The average Bonchev–Trinajstić information content (AvgIpc) is 2.21. The summed E-state index contributed by atoms with van der Waals surface area (Å²) in [5, 5.41) is 0. The van der Waals surface area contributed by atoms with Gasteiger partial charge in [0.15, 0.2) is 11.5 Å². The first-order valence-electron chi connectivity index (χ1n) is 4.47. The molecule has 1 aliphatic rings. The molecule has 4 nitrogen and oxygen atoms in total. The highest BCUT2D eigenvalue weighted by atomic mass is 35.7. The molecule has 0 spiro atoms. The van der Waals surface area contributed by atoms with Crippen LogP contribution in [0, 0.1) is 5.82 Å². The Balaban J connectivity index is 2.50. The van der Waals surface area contributed by atoms with Crippen molar-refractivity contribution in [3.05, 3.63) is 23.5 Å². The zero-order valence-electron chi connectivity index (χ0n) is 8.07. The van der Waals surface area contributed by atoms with Crippen LogP contribution in [-0.2, 0) is 14.8 Å². The molecule has 1 aromatic carbocycles. The first-order chi connectivity index (χ1) is 7.47. The summed E-state index contributed by atoms with van der Waals surface area (Å²) in [6, 6.07) is 2.53. The summed E-state index contributed by atoms with van der Waals surface area (Å²) in [6.07, 6.45) is 0. The molecule has 0 aromatic heterocycles. The van der Waals surface area contributed by atoms with Crippen molar-refractivity contribution in [3.63, 3.8) is 0 Å². The van der Waals surface area contributed by atoms with Crippen molar-refractivity contribution in [2.24, 2.45) is 0 Å². The van der Waals surface area contributed by atoms with E-state index in [0.717, 1.165) is 6.07 Å². The lowest BCUT2D eigenvalue weighted by atomic mass is 10.2. The first-order valence-corrected chi connectivity index (χ1v) is 6.94. The third-order valence-corrected chi connectivity index (χ3v) is 3.03. The molecule has 1 aromatic rings. The molecular formula is C9H8ClFO4S. The second-order valence-electron chi connectivity index (χ2n) is 3.23. The van der Waals surface area contributed by atoms with E-state index in [1.165, 1.54) is 6.07 Å². The topological polar surface area (TPSA) is 52.6 Å². The van der Waals surface area contributed by atoms with Crippen molar-refractivity contribution in [1.29, 1.82) is 0 Å². The van der Waals surface area contributed by atoms with Crippen LogP contribution in [0.4, 0.5) is 4.39 Å². The first kappa shape index (κ1) is 11.5. The van der Waals surface area contributed by atoms with Gasteiger partial charge in [-0.05, 0) is 12.1 Å². The summed E-state index contributed by atoms with van der Waals surface area (Å²) in [6.45, 7) is 0.609. The highest BCUT2D eigenvalue weighted by Gasteiger charge is 2.23. The molecule has 1 aliphatic heterocycles. The highest BCUT2D eigenvalue weighted by Crippen LogP contribution is 2.36. The van der Waals surface area contributed by atoms with Crippen LogP contribution in [0.1, 0.15) is 5.56 Å². The molecule has 0 amide bonds. The van der Waals surface area contributed by atoms with Crippen LogP contribution in [0.25, 0.3) is 0 Å². The molecule has 0 saturated carbocycles. The lowest BCUT2D eigenvalue weighted by Gasteiger charge is -2.20. The van der Waals surface area contributed by atoms with Crippen LogP contribution in [0.2, 0.25) is 0 Å². The van der Waals surface area contributed by atoms with Gasteiger partial charge in [0.1, 0.15) is 19.0 Å². The molecule has 0 atom stereocenters. The smallest absolute Gasteiger partial charge is 0.237 e. The maximum atomic E-state index is 13.4. The van der Waals surface area contributed by atoms with E-state index in [1.807, 2.05) is 0 Å². The summed E-state index contributed by atoms with van der Waals surface area (Å²) >= 11 is 0. The van der Waals surface area contributed by atoms with Gasteiger partial charge in [-0.25, -0.2) is 12.8 Å². The number of rotatable bonds is 2. The third-order valence-electron chi connectivity index (χ3n) is 2.07. The van der Waals surface area contributed by atoms with Crippen molar-refractivity contribution >= 4 is 19.7 Å². The zero-order valence-corrected chi connectivity index (χ0v) is 9.65. The van der Waals surface area contributed by atoms with E-state index >= 15 is 0 Å². The molecule has 0 fully saturated rings. The predicted octanol–water partition coefficient (Wildman–Crippen LogP) is 1.67. The number of halogens is 2. The molecule has 0 bridgehead atoms. The maximum absolute atomic E-state index is 13.4. The lowest BCUT2D eigenvalue weighted by molar-refractivity contribution is 0.169. The number of fused-ring (bicyclic) bond motifs is 1. The molecular weight excluding hydrogens is 259 g/mol. The second kappa shape index (κ2) is 4.10. The van der Waals surface area contributed by atoms with Gasteiger partial charge in [0.05, 0.1) is 11.3 Å². The van der Waals surface area contributed by atoms with Crippen LogP contribution >= 0.6 is 10.7 Å². The van der Waals surface area contributed by atoms with Crippen molar-refractivity contribution in [2.75, 3.05) is 13.2 Å². The van der Waals surface area contributed by atoms with Gasteiger partial charge in [0.2, 0.25) is 9.05 Å². The van der Waals surface area contributed by atoms with Crippen LogP contribution < -0.4 is 9.47 Å².